The van der Waals surface area contributed by atoms with Crippen LogP contribution in [-0.4, -0.2) is 31.5 Å². The quantitative estimate of drug-likeness (QED) is 0.549. The third-order valence-corrected chi connectivity index (χ3v) is 5.99. The number of imidazole rings is 1. The lowest BCUT2D eigenvalue weighted by atomic mass is 10.0. The maximum atomic E-state index is 6.31. The minimum atomic E-state index is 0.156. The number of fused-ring (bicyclic) bond motifs is 1. The Balaban J connectivity index is 1.60. The van der Waals surface area contributed by atoms with E-state index >= 15 is 0 Å². The average molecular weight is 393 g/mol. The molecule has 1 aliphatic rings. The van der Waals surface area contributed by atoms with Crippen molar-refractivity contribution >= 4 is 28.3 Å². The van der Waals surface area contributed by atoms with Crippen LogP contribution in [0.2, 0.25) is 5.02 Å². The monoisotopic (exact) mass is 392 g/mol. The van der Waals surface area contributed by atoms with E-state index < -0.39 is 0 Å². The van der Waals surface area contributed by atoms with E-state index in [2.05, 4.69) is 51.3 Å². The van der Waals surface area contributed by atoms with Gasteiger partial charge >= 0.3 is 0 Å². The molecule has 6 nitrogen and oxygen atoms in total. The number of benzene rings is 2. The Bertz CT molecular complexity index is 1090. The predicted molar refractivity (Wildman–Crippen MR) is 111 cm³/mol. The van der Waals surface area contributed by atoms with Crippen molar-refractivity contribution in [2.45, 2.75) is 26.3 Å². The van der Waals surface area contributed by atoms with Crippen molar-refractivity contribution in [2.75, 3.05) is 11.4 Å². The van der Waals surface area contributed by atoms with Crippen LogP contribution in [0.15, 0.2) is 48.8 Å². The van der Waals surface area contributed by atoms with Gasteiger partial charge in [0.2, 0.25) is 0 Å². The van der Waals surface area contributed by atoms with Crippen LogP contribution in [0.3, 0.4) is 0 Å². The third-order valence-electron chi connectivity index (χ3n) is 5.59. The van der Waals surface area contributed by atoms with Crippen LogP contribution in [0.4, 0.5) is 5.69 Å². The second-order valence-electron chi connectivity index (χ2n) is 7.45. The van der Waals surface area contributed by atoms with Crippen molar-refractivity contribution in [1.82, 2.24) is 25.0 Å². The van der Waals surface area contributed by atoms with Gasteiger partial charge < -0.3 is 9.88 Å². The molecule has 0 bridgehead atoms. The third kappa shape index (κ3) is 2.76. The van der Waals surface area contributed by atoms with Crippen LogP contribution in [0.5, 0.6) is 0 Å². The highest BCUT2D eigenvalue weighted by atomic mass is 35.5. The second kappa shape index (κ2) is 6.63. The zero-order chi connectivity index (χ0) is 19.3. The van der Waals surface area contributed by atoms with Crippen molar-refractivity contribution in [1.29, 1.82) is 0 Å². The summed E-state index contributed by atoms with van der Waals surface area (Å²) in [6.45, 7) is 5.26. The van der Waals surface area contributed by atoms with Crippen molar-refractivity contribution in [3.8, 4) is 5.69 Å². The van der Waals surface area contributed by atoms with E-state index in [1.54, 1.807) is 17.2 Å². The van der Waals surface area contributed by atoms with Gasteiger partial charge in [-0.2, -0.15) is 10.2 Å². The van der Waals surface area contributed by atoms with Crippen LogP contribution in [0, 0.1) is 12.8 Å². The molecule has 28 heavy (non-hydrogen) atoms. The summed E-state index contributed by atoms with van der Waals surface area (Å²) in [5.74, 6) is 1.45. The molecule has 2 atom stereocenters. The minimum Gasteiger partial charge on any atom is -0.359 e. The van der Waals surface area contributed by atoms with E-state index in [4.69, 9.17) is 16.6 Å². The van der Waals surface area contributed by atoms with Gasteiger partial charge in [0.25, 0.3) is 0 Å². The standard InChI is InChI=1S/C21H21ClN6/c1-13-7-10-27(18-5-3-4-6-19(18)28-23-8-9-24-28)20(13)21-25-16-11-14(2)15(22)12-17(16)26-21/h3-6,8-9,11-13,20H,7,10H2,1-2H3,(H,25,26)/t13-,20-/m0/s1. The Kier molecular flexibility index (Phi) is 4.09. The Morgan fingerprint density at radius 1 is 1.11 bits per heavy atom. The number of aromatic amines is 1. The Hall–Kier alpha value is -2.86. The minimum absolute atomic E-state index is 0.156. The van der Waals surface area contributed by atoms with Crippen LogP contribution in [-0.2, 0) is 0 Å². The molecule has 0 unspecified atom stereocenters. The molecule has 0 aliphatic carbocycles. The van der Waals surface area contributed by atoms with E-state index in [1.807, 2.05) is 19.1 Å². The predicted octanol–water partition coefficient (Wildman–Crippen LogP) is 4.69. The van der Waals surface area contributed by atoms with Gasteiger partial charge in [-0.05, 0) is 49.1 Å². The molecule has 4 aromatic rings. The fourth-order valence-corrected chi connectivity index (χ4v) is 4.31. The molecule has 0 saturated carbocycles. The molecule has 3 heterocycles. The van der Waals surface area contributed by atoms with E-state index in [1.165, 1.54) is 0 Å². The number of aromatic nitrogens is 5. The Labute approximate surface area is 168 Å². The maximum Gasteiger partial charge on any atom is 0.130 e. The lowest BCUT2D eigenvalue weighted by Gasteiger charge is -2.28. The molecule has 142 valence electrons. The zero-order valence-corrected chi connectivity index (χ0v) is 16.6. The van der Waals surface area contributed by atoms with Gasteiger partial charge in [0, 0.05) is 11.6 Å². The van der Waals surface area contributed by atoms with Crippen LogP contribution in [0.1, 0.15) is 30.8 Å². The summed E-state index contributed by atoms with van der Waals surface area (Å²) in [7, 11) is 0. The average Bonchev–Trinajstić information content (AvgIpc) is 3.42. The summed E-state index contributed by atoms with van der Waals surface area (Å²) in [6, 6.07) is 12.4. The Morgan fingerprint density at radius 2 is 1.86 bits per heavy atom. The number of anilines is 1. The molecule has 1 N–H and O–H groups in total. The summed E-state index contributed by atoms with van der Waals surface area (Å²) >= 11 is 6.31. The van der Waals surface area contributed by atoms with Gasteiger partial charge in [0.1, 0.15) is 11.5 Å². The molecule has 0 radical (unpaired) electrons. The first-order valence-corrected chi connectivity index (χ1v) is 9.88. The molecule has 1 fully saturated rings. The highest BCUT2D eigenvalue weighted by Gasteiger charge is 2.36. The summed E-state index contributed by atoms with van der Waals surface area (Å²) in [6.07, 6.45) is 4.50. The molecular weight excluding hydrogens is 372 g/mol. The van der Waals surface area contributed by atoms with Crippen molar-refractivity contribution in [2.24, 2.45) is 5.92 Å². The van der Waals surface area contributed by atoms with Crippen molar-refractivity contribution < 1.29 is 0 Å². The summed E-state index contributed by atoms with van der Waals surface area (Å²) in [5, 5.41) is 9.41. The number of nitrogens with one attached hydrogen (secondary N) is 1. The maximum absolute atomic E-state index is 6.31. The normalized spacial score (nSPS) is 19.6. The van der Waals surface area contributed by atoms with Crippen LogP contribution < -0.4 is 4.90 Å². The van der Waals surface area contributed by atoms with Crippen molar-refractivity contribution in [3.05, 3.63) is 65.2 Å². The van der Waals surface area contributed by atoms with E-state index in [0.29, 0.717) is 5.92 Å². The molecule has 2 aromatic carbocycles. The van der Waals surface area contributed by atoms with Crippen molar-refractivity contribution in [3.63, 3.8) is 0 Å². The smallest absolute Gasteiger partial charge is 0.130 e. The van der Waals surface area contributed by atoms with E-state index in [0.717, 1.165) is 51.8 Å². The summed E-state index contributed by atoms with van der Waals surface area (Å²) in [5.41, 5.74) is 5.07. The molecule has 5 rings (SSSR count). The SMILES string of the molecule is Cc1cc2[nH]c([C@@H]3[C@@H](C)CCN3c3ccccc3-n3nccn3)nc2cc1Cl. The van der Waals surface area contributed by atoms with E-state index in [9.17, 15) is 0 Å². The number of nitrogens with zero attached hydrogens (tertiary/aromatic N) is 5. The highest BCUT2D eigenvalue weighted by Crippen LogP contribution is 2.41. The number of para-hydroxylation sites is 2. The first-order chi connectivity index (χ1) is 13.6. The van der Waals surface area contributed by atoms with Crippen LogP contribution >= 0.6 is 11.6 Å². The molecule has 0 amide bonds. The number of hydrogen-bond donors (Lipinski definition) is 1. The van der Waals surface area contributed by atoms with Gasteiger partial charge in [-0.1, -0.05) is 30.7 Å². The number of rotatable bonds is 3. The fourth-order valence-electron chi connectivity index (χ4n) is 4.15. The molecular formula is C21H21ClN6. The van der Waals surface area contributed by atoms with Crippen LogP contribution in [0.25, 0.3) is 16.7 Å². The molecule has 0 spiro atoms. The van der Waals surface area contributed by atoms with Gasteiger partial charge in [-0.25, -0.2) is 4.98 Å². The highest BCUT2D eigenvalue weighted by molar-refractivity contribution is 6.32. The lowest BCUT2D eigenvalue weighted by Crippen LogP contribution is -2.27. The fraction of sp³-hybridized carbons (Fsp3) is 0.286. The molecule has 1 saturated heterocycles. The number of hydrogen-bond acceptors (Lipinski definition) is 4. The molecule has 2 aromatic heterocycles. The number of aryl methyl sites for hydroxylation is 1. The molecule has 1 aliphatic heterocycles. The lowest BCUT2D eigenvalue weighted by molar-refractivity contribution is 0.513. The topological polar surface area (TPSA) is 62.6 Å². The van der Waals surface area contributed by atoms with Gasteiger partial charge in [0.05, 0.1) is 35.2 Å². The van der Waals surface area contributed by atoms with E-state index in [-0.39, 0.29) is 6.04 Å². The largest absolute Gasteiger partial charge is 0.359 e. The second-order valence-corrected chi connectivity index (χ2v) is 7.86. The first-order valence-electron chi connectivity index (χ1n) is 9.50. The number of halogens is 1. The number of H-pyrrole nitrogens is 1. The van der Waals surface area contributed by atoms with Gasteiger partial charge in [-0.15, -0.1) is 4.80 Å². The van der Waals surface area contributed by atoms with Gasteiger partial charge in [-0.3, -0.25) is 0 Å². The van der Waals surface area contributed by atoms with Gasteiger partial charge in [0.15, 0.2) is 0 Å². The zero-order valence-electron chi connectivity index (χ0n) is 15.8. The molecule has 7 heteroatoms. The Morgan fingerprint density at radius 3 is 2.64 bits per heavy atom. The summed E-state index contributed by atoms with van der Waals surface area (Å²) < 4.78 is 0. The first kappa shape index (κ1) is 17.3. The summed E-state index contributed by atoms with van der Waals surface area (Å²) in [4.78, 5) is 12.5.